The maximum atomic E-state index is 13.3. The van der Waals surface area contributed by atoms with Crippen molar-refractivity contribution in [3.63, 3.8) is 0 Å². The third kappa shape index (κ3) is 3.81. The first-order chi connectivity index (χ1) is 16.1. The molecule has 4 heterocycles. The Morgan fingerprint density at radius 3 is 2.55 bits per heavy atom. The summed E-state index contributed by atoms with van der Waals surface area (Å²) in [7, 11) is 0. The molecule has 2 saturated heterocycles. The molecule has 0 spiro atoms. The highest BCUT2D eigenvalue weighted by Crippen LogP contribution is 2.39. The van der Waals surface area contributed by atoms with E-state index in [9.17, 15) is 14.7 Å². The van der Waals surface area contributed by atoms with Crippen molar-refractivity contribution in [1.29, 1.82) is 0 Å². The normalized spacial score (nSPS) is 21.2. The van der Waals surface area contributed by atoms with Crippen molar-refractivity contribution >= 4 is 23.1 Å². The number of ketones is 1. The Morgan fingerprint density at radius 1 is 1.06 bits per heavy atom. The van der Waals surface area contributed by atoms with Crippen LogP contribution in [-0.4, -0.2) is 75.4 Å². The number of aliphatic hydroxyl groups is 1. The van der Waals surface area contributed by atoms with Crippen molar-refractivity contribution in [2.24, 2.45) is 0 Å². The number of carbonyl (C=O) groups excluding carboxylic acids is 2. The molecule has 0 radical (unpaired) electrons. The van der Waals surface area contributed by atoms with Gasteiger partial charge in [-0.15, -0.1) is 0 Å². The molecule has 170 valence electrons. The lowest BCUT2D eigenvalue weighted by Gasteiger charge is -2.31. The van der Waals surface area contributed by atoms with Crippen LogP contribution in [0.25, 0.3) is 11.4 Å². The number of Topliss-reactive ketones (excluding diaryl/α,β-unsaturated/α-hetero) is 1. The number of morpholine rings is 1. The average Bonchev–Trinajstić information content (AvgIpc) is 3.31. The van der Waals surface area contributed by atoms with E-state index >= 15 is 0 Å². The Balaban J connectivity index is 1.59. The van der Waals surface area contributed by atoms with Gasteiger partial charge in [0.2, 0.25) is 0 Å². The smallest absolute Gasteiger partial charge is 0.295 e. The Bertz CT molecular complexity index is 1230. The summed E-state index contributed by atoms with van der Waals surface area (Å²) in [5.41, 5.74) is 2.56. The van der Waals surface area contributed by atoms with Gasteiger partial charge in [0.15, 0.2) is 5.76 Å². The maximum Gasteiger partial charge on any atom is 0.295 e. The fourth-order valence-corrected chi connectivity index (χ4v) is 4.69. The largest absolute Gasteiger partial charge is 0.505 e. The molecule has 1 amide bonds. The van der Waals surface area contributed by atoms with Crippen molar-refractivity contribution in [1.82, 2.24) is 19.2 Å². The standard InChI is InChI=1S/C25H26N4O4/c1-17-21(28-10-6-5-9-19(28)26-17)23(30)20-22(18-7-3-2-4-8-18)29(25(32)24(20)31)12-11-27-13-15-33-16-14-27/h2-10,22,30H,11-16H2,1H3/b23-20-. The van der Waals surface area contributed by atoms with E-state index in [1.165, 1.54) is 0 Å². The topological polar surface area (TPSA) is 87.4 Å². The molecule has 1 atom stereocenters. The van der Waals surface area contributed by atoms with Gasteiger partial charge >= 0.3 is 0 Å². The number of aryl methyl sites for hydroxylation is 1. The fourth-order valence-electron chi connectivity index (χ4n) is 4.69. The Kier molecular flexibility index (Phi) is 5.70. The monoisotopic (exact) mass is 446 g/mol. The zero-order valence-electron chi connectivity index (χ0n) is 18.5. The van der Waals surface area contributed by atoms with E-state index in [2.05, 4.69) is 9.88 Å². The molecule has 1 unspecified atom stereocenters. The van der Waals surface area contributed by atoms with Crippen LogP contribution in [0.15, 0.2) is 60.3 Å². The predicted molar refractivity (Wildman–Crippen MR) is 123 cm³/mol. The van der Waals surface area contributed by atoms with Gasteiger partial charge in [0.25, 0.3) is 11.7 Å². The van der Waals surface area contributed by atoms with E-state index in [4.69, 9.17) is 4.74 Å². The third-order valence-corrected chi connectivity index (χ3v) is 6.34. The first-order valence-corrected chi connectivity index (χ1v) is 11.1. The van der Waals surface area contributed by atoms with Crippen molar-refractivity contribution in [2.75, 3.05) is 39.4 Å². The molecule has 0 bridgehead atoms. The average molecular weight is 447 g/mol. The highest BCUT2D eigenvalue weighted by atomic mass is 16.5. The molecule has 8 nitrogen and oxygen atoms in total. The van der Waals surface area contributed by atoms with E-state index in [1.807, 2.05) is 48.5 Å². The molecule has 2 fully saturated rings. The summed E-state index contributed by atoms with van der Waals surface area (Å²) in [5, 5.41) is 11.4. The van der Waals surface area contributed by atoms with Crippen LogP contribution < -0.4 is 0 Å². The maximum absolute atomic E-state index is 13.3. The van der Waals surface area contributed by atoms with Gasteiger partial charge in [-0.05, 0) is 24.6 Å². The number of aliphatic hydroxyl groups excluding tert-OH is 1. The molecule has 1 N–H and O–H groups in total. The Labute approximate surface area is 191 Å². The van der Waals surface area contributed by atoms with Crippen molar-refractivity contribution < 1.29 is 19.4 Å². The molecule has 2 aromatic heterocycles. The molecule has 1 aromatic carbocycles. The summed E-state index contributed by atoms with van der Waals surface area (Å²) in [6.45, 7) is 5.71. The van der Waals surface area contributed by atoms with Gasteiger partial charge in [0, 0.05) is 32.4 Å². The number of rotatable bonds is 5. The molecule has 33 heavy (non-hydrogen) atoms. The van der Waals surface area contributed by atoms with E-state index in [1.54, 1.807) is 22.4 Å². The van der Waals surface area contributed by atoms with Gasteiger partial charge in [0.1, 0.15) is 11.3 Å². The van der Waals surface area contributed by atoms with E-state index in [0.717, 1.165) is 18.7 Å². The summed E-state index contributed by atoms with van der Waals surface area (Å²) < 4.78 is 7.16. The number of imidazole rings is 1. The number of amides is 1. The van der Waals surface area contributed by atoms with Crippen molar-refractivity contribution in [3.05, 3.63) is 77.3 Å². The van der Waals surface area contributed by atoms with Crippen LogP contribution in [0.5, 0.6) is 0 Å². The molecule has 3 aromatic rings. The molecule has 0 saturated carbocycles. The molecule has 2 aliphatic heterocycles. The lowest BCUT2D eigenvalue weighted by Crippen LogP contribution is -2.42. The minimum atomic E-state index is -0.673. The molecule has 5 rings (SSSR count). The highest BCUT2D eigenvalue weighted by molar-refractivity contribution is 6.46. The summed E-state index contributed by atoms with van der Waals surface area (Å²) in [6, 6.07) is 14.3. The van der Waals surface area contributed by atoms with E-state index < -0.39 is 17.7 Å². The molecule has 8 heteroatoms. The minimum absolute atomic E-state index is 0.0990. The second-order valence-corrected chi connectivity index (χ2v) is 8.33. The number of aromatic nitrogens is 2. The zero-order chi connectivity index (χ0) is 22.9. The quantitative estimate of drug-likeness (QED) is 0.368. The summed E-state index contributed by atoms with van der Waals surface area (Å²) in [6.07, 6.45) is 1.79. The van der Waals surface area contributed by atoms with E-state index in [-0.39, 0.29) is 11.3 Å². The number of pyridine rings is 1. The number of likely N-dealkylation sites (tertiary alicyclic amines) is 1. The summed E-state index contributed by atoms with van der Waals surface area (Å²) >= 11 is 0. The van der Waals surface area contributed by atoms with Crippen LogP contribution >= 0.6 is 0 Å². The Morgan fingerprint density at radius 2 is 1.79 bits per heavy atom. The molecule has 0 aliphatic carbocycles. The van der Waals surface area contributed by atoms with Crippen LogP contribution in [0.2, 0.25) is 0 Å². The van der Waals surface area contributed by atoms with Gasteiger partial charge in [-0.1, -0.05) is 36.4 Å². The van der Waals surface area contributed by atoms with Crippen molar-refractivity contribution in [3.8, 4) is 0 Å². The molecular formula is C25H26N4O4. The van der Waals surface area contributed by atoms with Crippen LogP contribution in [-0.2, 0) is 14.3 Å². The second kappa shape index (κ2) is 8.80. The van der Waals surface area contributed by atoms with Gasteiger partial charge in [-0.25, -0.2) is 4.98 Å². The predicted octanol–water partition coefficient (Wildman–Crippen LogP) is 2.40. The number of hydrogen-bond donors (Lipinski definition) is 1. The third-order valence-electron chi connectivity index (χ3n) is 6.34. The summed E-state index contributed by atoms with van der Waals surface area (Å²) in [4.78, 5) is 34.7. The van der Waals surface area contributed by atoms with Crippen LogP contribution in [0.4, 0.5) is 0 Å². The highest BCUT2D eigenvalue weighted by Gasteiger charge is 2.46. The van der Waals surface area contributed by atoms with Gasteiger partial charge in [-0.2, -0.15) is 0 Å². The fraction of sp³-hybridized carbons (Fsp3) is 0.320. The number of nitrogens with zero attached hydrogens (tertiary/aromatic N) is 4. The van der Waals surface area contributed by atoms with Crippen molar-refractivity contribution in [2.45, 2.75) is 13.0 Å². The van der Waals surface area contributed by atoms with Gasteiger partial charge in [0.05, 0.1) is 30.5 Å². The number of fused-ring (bicyclic) bond motifs is 1. The molecular weight excluding hydrogens is 420 g/mol. The first kappa shape index (κ1) is 21.4. The summed E-state index contributed by atoms with van der Waals surface area (Å²) in [5.74, 6) is -1.47. The molecule has 2 aliphatic rings. The van der Waals surface area contributed by atoms with Gasteiger partial charge < -0.3 is 14.7 Å². The number of benzene rings is 1. The minimum Gasteiger partial charge on any atom is -0.505 e. The number of ether oxygens (including phenoxy) is 1. The Hall–Kier alpha value is -3.49. The van der Waals surface area contributed by atoms with Gasteiger partial charge in [-0.3, -0.25) is 18.9 Å². The number of carbonyl (C=O) groups is 2. The number of hydrogen-bond acceptors (Lipinski definition) is 6. The lowest BCUT2D eigenvalue weighted by molar-refractivity contribution is -0.140. The van der Waals surface area contributed by atoms with Crippen LogP contribution in [0, 0.1) is 6.92 Å². The first-order valence-electron chi connectivity index (χ1n) is 11.1. The van der Waals surface area contributed by atoms with Crippen LogP contribution in [0.3, 0.4) is 0 Å². The van der Waals surface area contributed by atoms with E-state index in [0.29, 0.717) is 43.3 Å². The lowest BCUT2D eigenvalue weighted by atomic mass is 9.96. The zero-order valence-corrected chi connectivity index (χ0v) is 18.5. The SMILES string of the molecule is Cc1nc2ccccn2c1/C(O)=C1/C(=O)C(=O)N(CCN2CCOCC2)C1c1ccccc1. The van der Waals surface area contributed by atoms with Crippen LogP contribution in [0.1, 0.15) is 23.0 Å². The second-order valence-electron chi connectivity index (χ2n) is 8.33.